The third-order valence-corrected chi connectivity index (χ3v) is 5.75. The number of carboxylic acids is 1. The predicted octanol–water partition coefficient (Wildman–Crippen LogP) is 2.10. The van der Waals surface area contributed by atoms with Gasteiger partial charge in [0, 0.05) is 11.0 Å². The average Bonchev–Trinajstić information content (AvgIpc) is 2.34. The largest absolute Gasteiger partial charge is 0.478 e. The number of allylic oxidation sites excluding steroid dienone is 1. The van der Waals surface area contributed by atoms with Crippen molar-refractivity contribution in [3.8, 4) is 0 Å². The minimum Gasteiger partial charge on any atom is -0.478 e. The van der Waals surface area contributed by atoms with Crippen molar-refractivity contribution in [3.05, 3.63) is 11.6 Å². The molecule has 2 aliphatic carbocycles. The molecule has 1 spiro atoms. The van der Waals surface area contributed by atoms with Crippen molar-refractivity contribution in [1.82, 2.24) is 0 Å². The summed E-state index contributed by atoms with van der Waals surface area (Å²) in [6, 6.07) is 0. The molecule has 1 fully saturated rings. The first-order valence-corrected chi connectivity index (χ1v) is 6.97. The van der Waals surface area contributed by atoms with Crippen molar-refractivity contribution in [1.29, 1.82) is 0 Å². The summed E-state index contributed by atoms with van der Waals surface area (Å²) in [5.74, 6) is -0.872. The topological polar surface area (TPSA) is 77.8 Å². The molecule has 4 heteroatoms. The Balaban J connectivity index is 2.42. The van der Waals surface area contributed by atoms with E-state index in [1.165, 1.54) is 0 Å². The summed E-state index contributed by atoms with van der Waals surface area (Å²) in [5.41, 5.74) is -1.31. The van der Waals surface area contributed by atoms with Crippen LogP contribution in [0.15, 0.2) is 11.6 Å². The van der Waals surface area contributed by atoms with Gasteiger partial charge in [0.15, 0.2) is 0 Å². The molecule has 0 heterocycles. The van der Waals surface area contributed by atoms with Crippen molar-refractivity contribution in [2.45, 2.75) is 64.6 Å². The smallest absolute Gasteiger partial charge is 0.331 e. The van der Waals surface area contributed by atoms with Gasteiger partial charge >= 0.3 is 5.97 Å². The van der Waals surface area contributed by atoms with Gasteiger partial charge in [-0.3, -0.25) is 0 Å². The predicted molar refractivity (Wildman–Crippen MR) is 71.6 cm³/mol. The average molecular weight is 268 g/mol. The number of hydrogen-bond acceptors (Lipinski definition) is 3. The highest BCUT2D eigenvalue weighted by atomic mass is 16.4. The van der Waals surface area contributed by atoms with Crippen LogP contribution >= 0.6 is 0 Å². The van der Waals surface area contributed by atoms with Crippen LogP contribution in [0.3, 0.4) is 0 Å². The van der Waals surface area contributed by atoms with Crippen LogP contribution < -0.4 is 0 Å². The first-order chi connectivity index (χ1) is 8.64. The van der Waals surface area contributed by atoms with Crippen LogP contribution in [0.1, 0.15) is 52.9 Å². The number of hydrogen-bond donors (Lipinski definition) is 3. The Bertz CT molecular complexity index is 422. The molecule has 0 aromatic carbocycles. The van der Waals surface area contributed by atoms with E-state index in [9.17, 15) is 15.0 Å². The maximum Gasteiger partial charge on any atom is 0.331 e. The minimum absolute atomic E-state index is 0.115. The lowest BCUT2D eigenvalue weighted by Crippen LogP contribution is -2.64. The molecule has 3 atom stereocenters. The molecule has 0 saturated heterocycles. The van der Waals surface area contributed by atoms with Crippen LogP contribution in [-0.2, 0) is 4.79 Å². The van der Waals surface area contributed by atoms with E-state index in [-0.39, 0.29) is 5.41 Å². The fourth-order valence-electron chi connectivity index (χ4n) is 4.14. The molecule has 0 amide bonds. The van der Waals surface area contributed by atoms with Gasteiger partial charge in [-0.1, -0.05) is 19.9 Å². The van der Waals surface area contributed by atoms with Crippen LogP contribution in [0.25, 0.3) is 0 Å². The first kappa shape index (κ1) is 14.5. The summed E-state index contributed by atoms with van der Waals surface area (Å²) in [6.07, 6.45) is 4.04. The lowest BCUT2D eigenvalue weighted by atomic mass is 9.46. The highest BCUT2D eigenvalue weighted by Crippen LogP contribution is 2.61. The molecule has 2 rings (SSSR count). The Morgan fingerprint density at radius 2 is 1.95 bits per heavy atom. The fourth-order valence-corrected chi connectivity index (χ4v) is 4.14. The summed E-state index contributed by atoms with van der Waals surface area (Å²) in [7, 11) is 0. The number of rotatable bonds is 1. The van der Waals surface area contributed by atoms with Gasteiger partial charge in [-0.25, -0.2) is 4.79 Å². The summed E-state index contributed by atoms with van der Waals surface area (Å²) < 4.78 is 0. The van der Waals surface area contributed by atoms with E-state index < -0.39 is 23.1 Å². The molecule has 3 N–H and O–H groups in total. The van der Waals surface area contributed by atoms with Crippen LogP contribution in [0.2, 0.25) is 0 Å². The summed E-state index contributed by atoms with van der Waals surface area (Å²) in [4.78, 5) is 11.0. The minimum atomic E-state index is -1.17. The zero-order chi connectivity index (χ0) is 14.5. The number of carboxylic acid groups (broad SMARTS) is 1. The normalized spacial score (nSPS) is 41.9. The van der Waals surface area contributed by atoms with Gasteiger partial charge < -0.3 is 15.3 Å². The van der Waals surface area contributed by atoms with Crippen molar-refractivity contribution >= 4 is 5.97 Å². The zero-order valence-corrected chi connectivity index (χ0v) is 11.9. The molecular formula is C15H24O4. The molecule has 1 saturated carbocycles. The van der Waals surface area contributed by atoms with Gasteiger partial charge in [-0.15, -0.1) is 0 Å². The maximum atomic E-state index is 11.0. The van der Waals surface area contributed by atoms with Gasteiger partial charge in [0.25, 0.3) is 0 Å². The summed E-state index contributed by atoms with van der Waals surface area (Å²) in [6.45, 7) is 5.94. The van der Waals surface area contributed by atoms with E-state index in [4.69, 9.17) is 5.11 Å². The standard InChI is InChI=1S/C15H24O4/c1-13(2)7-6-11(16)14(3,19)15(13)8-4-10(5-9-15)12(17)18/h4,11,16,19H,5-9H2,1-3H3,(H,17,18)/t11-,14-,15+/m0/s1. The van der Waals surface area contributed by atoms with Crippen LogP contribution in [0.5, 0.6) is 0 Å². The van der Waals surface area contributed by atoms with Crippen molar-refractivity contribution < 1.29 is 20.1 Å². The lowest BCUT2D eigenvalue weighted by Gasteiger charge is -2.61. The molecule has 0 unspecified atom stereocenters. The number of aliphatic hydroxyl groups is 2. The molecule has 0 bridgehead atoms. The fraction of sp³-hybridized carbons (Fsp3) is 0.800. The van der Waals surface area contributed by atoms with Crippen LogP contribution in [0, 0.1) is 10.8 Å². The third kappa shape index (κ3) is 1.93. The lowest BCUT2D eigenvalue weighted by molar-refractivity contribution is -0.225. The van der Waals surface area contributed by atoms with E-state index in [1.807, 2.05) is 0 Å². The molecular weight excluding hydrogens is 244 g/mol. The summed E-state index contributed by atoms with van der Waals surface area (Å²) >= 11 is 0. The van der Waals surface area contributed by atoms with Gasteiger partial charge in [-0.2, -0.15) is 0 Å². The molecule has 0 aromatic heterocycles. The van der Waals surface area contributed by atoms with E-state index in [2.05, 4.69) is 13.8 Å². The highest BCUT2D eigenvalue weighted by molar-refractivity contribution is 5.86. The Kier molecular flexibility index (Phi) is 3.30. The number of aliphatic hydroxyl groups excluding tert-OH is 1. The highest BCUT2D eigenvalue weighted by Gasteiger charge is 2.61. The zero-order valence-electron chi connectivity index (χ0n) is 11.9. The van der Waals surface area contributed by atoms with E-state index in [0.29, 0.717) is 31.3 Å². The second-order valence-corrected chi connectivity index (χ2v) is 6.91. The molecule has 0 aromatic rings. The molecule has 2 aliphatic rings. The van der Waals surface area contributed by atoms with E-state index >= 15 is 0 Å². The molecule has 4 nitrogen and oxygen atoms in total. The Morgan fingerprint density at radius 3 is 2.42 bits per heavy atom. The van der Waals surface area contributed by atoms with Crippen LogP contribution in [-0.4, -0.2) is 33.0 Å². The molecule has 0 radical (unpaired) electrons. The van der Waals surface area contributed by atoms with Crippen LogP contribution in [0.4, 0.5) is 0 Å². The third-order valence-electron chi connectivity index (χ3n) is 5.75. The number of carbonyl (C=O) groups is 1. The Morgan fingerprint density at radius 1 is 1.32 bits per heavy atom. The van der Waals surface area contributed by atoms with Gasteiger partial charge in [-0.05, 0) is 44.4 Å². The Hall–Kier alpha value is -0.870. The first-order valence-electron chi connectivity index (χ1n) is 6.97. The van der Waals surface area contributed by atoms with E-state index in [0.717, 1.165) is 6.42 Å². The maximum absolute atomic E-state index is 11.0. The van der Waals surface area contributed by atoms with Gasteiger partial charge in [0.1, 0.15) is 0 Å². The second-order valence-electron chi connectivity index (χ2n) is 6.91. The summed E-state index contributed by atoms with van der Waals surface area (Å²) in [5, 5.41) is 30.1. The van der Waals surface area contributed by atoms with E-state index in [1.54, 1.807) is 13.0 Å². The quantitative estimate of drug-likeness (QED) is 0.680. The van der Waals surface area contributed by atoms with Gasteiger partial charge in [0.05, 0.1) is 11.7 Å². The van der Waals surface area contributed by atoms with Crippen molar-refractivity contribution in [3.63, 3.8) is 0 Å². The van der Waals surface area contributed by atoms with Crippen molar-refractivity contribution in [2.24, 2.45) is 10.8 Å². The Labute approximate surface area is 114 Å². The molecule has 19 heavy (non-hydrogen) atoms. The monoisotopic (exact) mass is 268 g/mol. The molecule has 0 aliphatic heterocycles. The second kappa shape index (κ2) is 4.32. The molecule has 108 valence electrons. The number of aliphatic carboxylic acids is 1. The van der Waals surface area contributed by atoms with Gasteiger partial charge in [0.2, 0.25) is 0 Å². The van der Waals surface area contributed by atoms with Crippen molar-refractivity contribution in [2.75, 3.05) is 0 Å². The SMILES string of the molecule is CC1(C)CC[C@H](O)[C@](C)(O)[C@@]12CC=C(C(=O)O)CC2.